The molecular formula is C14H17N3OS. The molecule has 2 aromatic rings. The van der Waals surface area contributed by atoms with Crippen molar-refractivity contribution in [3.8, 4) is 0 Å². The average Bonchev–Trinajstić information content (AvgIpc) is 2.81. The van der Waals surface area contributed by atoms with E-state index in [4.69, 9.17) is 0 Å². The van der Waals surface area contributed by atoms with Gasteiger partial charge >= 0.3 is 0 Å². The summed E-state index contributed by atoms with van der Waals surface area (Å²) in [7, 11) is 0. The largest absolute Gasteiger partial charge is 0.315 e. The van der Waals surface area contributed by atoms with Crippen molar-refractivity contribution in [2.24, 2.45) is 0 Å². The summed E-state index contributed by atoms with van der Waals surface area (Å²) in [5.41, 5.74) is 2.40. The molecule has 0 bridgehead atoms. The Labute approximate surface area is 117 Å². The van der Waals surface area contributed by atoms with E-state index in [1.165, 1.54) is 17.1 Å². The summed E-state index contributed by atoms with van der Waals surface area (Å²) in [4.78, 5) is 11.8. The lowest BCUT2D eigenvalue weighted by atomic mass is 9.86. The van der Waals surface area contributed by atoms with Crippen LogP contribution in [-0.4, -0.2) is 15.5 Å². The maximum atomic E-state index is 11.8. The van der Waals surface area contributed by atoms with E-state index in [-0.39, 0.29) is 11.3 Å². The van der Waals surface area contributed by atoms with E-state index in [9.17, 15) is 4.79 Å². The van der Waals surface area contributed by atoms with Crippen molar-refractivity contribution >= 4 is 22.4 Å². The molecule has 100 valence electrons. The molecule has 0 saturated heterocycles. The van der Waals surface area contributed by atoms with Crippen molar-refractivity contribution in [2.75, 3.05) is 5.32 Å². The number of hydrogen-bond acceptors (Lipinski definition) is 4. The number of carbonyl (C=O) groups excluding carboxylic acids is 1. The van der Waals surface area contributed by atoms with E-state index >= 15 is 0 Å². The Morgan fingerprint density at radius 3 is 2.47 bits per heavy atom. The lowest BCUT2D eigenvalue weighted by Gasteiger charge is -2.19. The van der Waals surface area contributed by atoms with Crippen LogP contribution in [0.15, 0.2) is 30.5 Å². The maximum absolute atomic E-state index is 11.8. The fourth-order valence-electron chi connectivity index (χ4n) is 1.71. The molecule has 5 heteroatoms. The molecule has 0 aliphatic rings. The van der Waals surface area contributed by atoms with E-state index in [1.807, 2.05) is 12.1 Å². The third kappa shape index (κ3) is 3.86. The second-order valence-electron chi connectivity index (χ2n) is 5.45. The van der Waals surface area contributed by atoms with Gasteiger partial charge in [0.1, 0.15) is 5.00 Å². The van der Waals surface area contributed by atoms with Gasteiger partial charge in [0.25, 0.3) is 0 Å². The lowest BCUT2D eigenvalue weighted by molar-refractivity contribution is -0.115. The SMILES string of the molecule is CC(C)(C)c1ccc(CC(=O)Nc2cnns2)cc1. The van der Waals surface area contributed by atoms with Crippen LogP contribution in [0.25, 0.3) is 0 Å². The van der Waals surface area contributed by atoms with Gasteiger partial charge in [-0.2, -0.15) is 0 Å². The lowest BCUT2D eigenvalue weighted by Crippen LogP contribution is -2.14. The molecule has 1 heterocycles. The highest BCUT2D eigenvalue weighted by atomic mass is 32.1. The number of rotatable bonds is 3. The van der Waals surface area contributed by atoms with Gasteiger partial charge in [-0.1, -0.05) is 49.5 Å². The smallest absolute Gasteiger partial charge is 0.229 e. The predicted octanol–water partition coefficient (Wildman–Crippen LogP) is 3.02. The number of anilines is 1. The monoisotopic (exact) mass is 275 g/mol. The number of carbonyl (C=O) groups is 1. The Bertz CT molecular complexity index is 541. The minimum absolute atomic E-state index is 0.0467. The van der Waals surface area contributed by atoms with Gasteiger partial charge in [-0.3, -0.25) is 4.79 Å². The average molecular weight is 275 g/mol. The van der Waals surface area contributed by atoms with Crippen LogP contribution in [0.5, 0.6) is 0 Å². The van der Waals surface area contributed by atoms with Crippen LogP contribution in [-0.2, 0) is 16.6 Å². The zero-order valence-electron chi connectivity index (χ0n) is 11.3. The van der Waals surface area contributed by atoms with Crippen LogP contribution in [0.4, 0.5) is 5.00 Å². The number of nitrogens with zero attached hydrogens (tertiary/aromatic N) is 2. The molecule has 0 spiro atoms. The molecule has 1 aromatic carbocycles. The molecule has 2 rings (SSSR count). The topological polar surface area (TPSA) is 54.9 Å². The number of benzene rings is 1. The number of aromatic nitrogens is 2. The van der Waals surface area contributed by atoms with E-state index in [0.29, 0.717) is 11.4 Å². The fraction of sp³-hybridized carbons (Fsp3) is 0.357. The highest BCUT2D eigenvalue weighted by molar-refractivity contribution is 7.10. The van der Waals surface area contributed by atoms with Crippen LogP contribution < -0.4 is 5.32 Å². The Hall–Kier alpha value is -1.75. The van der Waals surface area contributed by atoms with Crippen molar-refractivity contribution in [3.05, 3.63) is 41.6 Å². The van der Waals surface area contributed by atoms with Gasteiger partial charge in [0.05, 0.1) is 12.6 Å². The normalized spacial score (nSPS) is 11.3. The minimum atomic E-state index is -0.0467. The molecule has 0 aliphatic carbocycles. The highest BCUT2D eigenvalue weighted by Gasteiger charge is 2.13. The molecule has 0 saturated carbocycles. The van der Waals surface area contributed by atoms with Gasteiger partial charge in [-0.15, -0.1) is 5.10 Å². The molecule has 0 atom stereocenters. The molecule has 1 N–H and O–H groups in total. The molecule has 1 amide bonds. The summed E-state index contributed by atoms with van der Waals surface area (Å²) in [5, 5.41) is 7.12. The molecule has 19 heavy (non-hydrogen) atoms. The second-order valence-corrected chi connectivity index (χ2v) is 6.24. The molecular weight excluding hydrogens is 258 g/mol. The highest BCUT2D eigenvalue weighted by Crippen LogP contribution is 2.22. The first-order chi connectivity index (χ1) is 8.95. The van der Waals surface area contributed by atoms with Gasteiger partial charge in [-0.25, -0.2) is 0 Å². The van der Waals surface area contributed by atoms with Crippen LogP contribution in [0.3, 0.4) is 0 Å². The molecule has 1 aromatic heterocycles. The molecule has 0 fully saturated rings. The van der Waals surface area contributed by atoms with Crippen molar-refractivity contribution in [2.45, 2.75) is 32.6 Å². The van der Waals surface area contributed by atoms with Crippen molar-refractivity contribution in [1.29, 1.82) is 0 Å². The van der Waals surface area contributed by atoms with Crippen LogP contribution in [0.1, 0.15) is 31.9 Å². The van der Waals surface area contributed by atoms with Gasteiger partial charge < -0.3 is 5.32 Å². The first kappa shape index (κ1) is 13.7. The summed E-state index contributed by atoms with van der Waals surface area (Å²) in [6, 6.07) is 8.17. The van der Waals surface area contributed by atoms with Gasteiger partial charge in [0, 0.05) is 11.5 Å². The van der Waals surface area contributed by atoms with E-state index < -0.39 is 0 Å². The number of hydrogen-bond donors (Lipinski definition) is 1. The standard InChI is InChI=1S/C14H17N3OS/c1-14(2,3)11-6-4-10(5-7-11)8-12(18)16-13-9-15-17-19-13/h4-7,9H,8H2,1-3H3,(H,16,18). The summed E-state index contributed by atoms with van der Waals surface area (Å²) in [6.45, 7) is 6.52. The molecule has 0 unspecified atom stereocenters. The Kier molecular flexibility index (Phi) is 3.95. The quantitative estimate of drug-likeness (QED) is 0.936. The van der Waals surface area contributed by atoms with E-state index in [1.54, 1.807) is 6.20 Å². The Balaban J connectivity index is 1.98. The van der Waals surface area contributed by atoms with Gasteiger partial charge in [-0.05, 0) is 16.5 Å². The minimum Gasteiger partial charge on any atom is -0.315 e. The summed E-state index contributed by atoms with van der Waals surface area (Å²) < 4.78 is 3.70. The van der Waals surface area contributed by atoms with Crippen molar-refractivity contribution in [1.82, 2.24) is 9.59 Å². The third-order valence-corrected chi connectivity index (χ3v) is 3.39. The van der Waals surface area contributed by atoms with E-state index in [0.717, 1.165) is 5.56 Å². The zero-order chi connectivity index (χ0) is 13.9. The molecule has 4 nitrogen and oxygen atoms in total. The first-order valence-electron chi connectivity index (χ1n) is 6.12. The van der Waals surface area contributed by atoms with Gasteiger partial charge in [0.15, 0.2) is 0 Å². The number of amides is 1. The molecule has 0 aliphatic heterocycles. The predicted molar refractivity (Wildman–Crippen MR) is 77.4 cm³/mol. The molecule has 0 radical (unpaired) electrons. The van der Waals surface area contributed by atoms with Crippen LogP contribution >= 0.6 is 11.5 Å². The van der Waals surface area contributed by atoms with Crippen LogP contribution in [0, 0.1) is 0 Å². The fourth-order valence-corrected chi connectivity index (χ4v) is 2.15. The maximum Gasteiger partial charge on any atom is 0.229 e. The van der Waals surface area contributed by atoms with E-state index in [2.05, 4.69) is 47.8 Å². The third-order valence-electron chi connectivity index (χ3n) is 2.81. The summed E-state index contributed by atoms with van der Waals surface area (Å²) >= 11 is 1.17. The summed E-state index contributed by atoms with van der Waals surface area (Å²) in [6.07, 6.45) is 1.91. The Morgan fingerprint density at radius 1 is 1.26 bits per heavy atom. The Morgan fingerprint density at radius 2 is 1.95 bits per heavy atom. The van der Waals surface area contributed by atoms with Gasteiger partial charge in [0.2, 0.25) is 5.91 Å². The summed E-state index contributed by atoms with van der Waals surface area (Å²) in [5.74, 6) is -0.0467. The zero-order valence-corrected chi connectivity index (χ0v) is 12.1. The van der Waals surface area contributed by atoms with Crippen molar-refractivity contribution in [3.63, 3.8) is 0 Å². The second kappa shape index (κ2) is 5.48. The number of nitrogens with one attached hydrogen (secondary N) is 1. The van der Waals surface area contributed by atoms with Crippen LogP contribution in [0.2, 0.25) is 0 Å². The first-order valence-corrected chi connectivity index (χ1v) is 6.89. The van der Waals surface area contributed by atoms with Crippen molar-refractivity contribution < 1.29 is 4.79 Å².